The van der Waals surface area contributed by atoms with Gasteiger partial charge in [-0.25, -0.2) is 0 Å². The molecule has 96 valence electrons. The average molecular weight is 270 g/mol. The molecule has 0 aliphatic rings. The SMILES string of the molecule is NNC(Cc1ccncc1)c1cnc2ccsc2c1. The van der Waals surface area contributed by atoms with Crippen LogP contribution >= 0.6 is 11.3 Å². The summed E-state index contributed by atoms with van der Waals surface area (Å²) >= 11 is 1.69. The third-order valence-electron chi connectivity index (χ3n) is 3.12. The van der Waals surface area contributed by atoms with Gasteiger partial charge in [-0.2, -0.15) is 0 Å². The molecule has 0 spiro atoms. The first-order chi connectivity index (χ1) is 9.36. The first-order valence-corrected chi connectivity index (χ1v) is 6.93. The Morgan fingerprint density at radius 3 is 2.89 bits per heavy atom. The van der Waals surface area contributed by atoms with Gasteiger partial charge in [-0.3, -0.25) is 21.2 Å². The Balaban J connectivity index is 1.88. The standard InChI is InChI=1S/C14H14N4S/c15-18-13(7-10-1-4-16-5-2-10)11-8-14-12(17-9-11)3-6-19-14/h1-6,8-9,13,18H,7,15H2. The summed E-state index contributed by atoms with van der Waals surface area (Å²) in [5, 5.41) is 2.05. The second-order valence-corrected chi connectivity index (χ2v) is 5.30. The molecule has 0 aromatic carbocycles. The maximum Gasteiger partial charge on any atom is 0.0809 e. The maximum atomic E-state index is 5.68. The predicted molar refractivity (Wildman–Crippen MR) is 77.6 cm³/mol. The third kappa shape index (κ3) is 2.63. The molecule has 3 aromatic heterocycles. The van der Waals surface area contributed by atoms with E-state index in [0.717, 1.165) is 17.5 Å². The fraction of sp³-hybridized carbons (Fsp3) is 0.143. The molecule has 0 bridgehead atoms. The van der Waals surface area contributed by atoms with E-state index >= 15 is 0 Å². The molecule has 19 heavy (non-hydrogen) atoms. The molecule has 0 saturated carbocycles. The van der Waals surface area contributed by atoms with Crippen molar-refractivity contribution in [1.29, 1.82) is 0 Å². The fourth-order valence-corrected chi connectivity index (χ4v) is 2.87. The van der Waals surface area contributed by atoms with E-state index in [4.69, 9.17) is 5.84 Å². The van der Waals surface area contributed by atoms with Gasteiger partial charge >= 0.3 is 0 Å². The molecule has 3 rings (SSSR count). The summed E-state index contributed by atoms with van der Waals surface area (Å²) in [6.07, 6.45) is 6.30. The van der Waals surface area contributed by atoms with E-state index in [2.05, 4.69) is 26.8 Å². The van der Waals surface area contributed by atoms with Crippen molar-refractivity contribution in [1.82, 2.24) is 15.4 Å². The highest BCUT2D eigenvalue weighted by molar-refractivity contribution is 7.17. The van der Waals surface area contributed by atoms with Crippen molar-refractivity contribution in [2.45, 2.75) is 12.5 Å². The van der Waals surface area contributed by atoms with E-state index in [1.165, 1.54) is 10.3 Å². The van der Waals surface area contributed by atoms with E-state index < -0.39 is 0 Å². The van der Waals surface area contributed by atoms with Crippen LogP contribution in [-0.4, -0.2) is 9.97 Å². The van der Waals surface area contributed by atoms with Gasteiger partial charge < -0.3 is 0 Å². The molecule has 1 unspecified atom stereocenters. The summed E-state index contributed by atoms with van der Waals surface area (Å²) in [5.41, 5.74) is 6.21. The lowest BCUT2D eigenvalue weighted by Crippen LogP contribution is -2.29. The zero-order valence-corrected chi connectivity index (χ0v) is 11.1. The van der Waals surface area contributed by atoms with Gasteiger partial charge in [0.25, 0.3) is 0 Å². The van der Waals surface area contributed by atoms with Crippen molar-refractivity contribution < 1.29 is 0 Å². The molecule has 0 radical (unpaired) electrons. The number of rotatable bonds is 4. The number of thiophene rings is 1. The Kier molecular flexibility index (Phi) is 3.50. The number of pyridine rings is 2. The van der Waals surface area contributed by atoms with Gasteiger partial charge in [0.2, 0.25) is 0 Å². The molecule has 3 aromatic rings. The molecule has 1 atom stereocenters. The lowest BCUT2D eigenvalue weighted by atomic mass is 10.0. The van der Waals surface area contributed by atoms with E-state index in [1.54, 1.807) is 23.7 Å². The van der Waals surface area contributed by atoms with Crippen molar-refractivity contribution in [2.75, 3.05) is 0 Å². The van der Waals surface area contributed by atoms with Crippen LogP contribution in [0.3, 0.4) is 0 Å². The van der Waals surface area contributed by atoms with Crippen LogP contribution in [0.4, 0.5) is 0 Å². The first kappa shape index (κ1) is 12.2. The minimum Gasteiger partial charge on any atom is -0.271 e. The van der Waals surface area contributed by atoms with Crippen molar-refractivity contribution in [3.05, 3.63) is 59.4 Å². The van der Waals surface area contributed by atoms with Gasteiger partial charge in [-0.1, -0.05) is 0 Å². The van der Waals surface area contributed by atoms with Crippen LogP contribution in [-0.2, 0) is 6.42 Å². The van der Waals surface area contributed by atoms with Gasteiger partial charge in [0.1, 0.15) is 0 Å². The zero-order chi connectivity index (χ0) is 13.1. The number of nitrogens with zero attached hydrogens (tertiary/aromatic N) is 2. The molecule has 0 aliphatic carbocycles. The van der Waals surface area contributed by atoms with Crippen molar-refractivity contribution >= 4 is 21.6 Å². The Morgan fingerprint density at radius 1 is 1.26 bits per heavy atom. The highest BCUT2D eigenvalue weighted by Crippen LogP contribution is 2.24. The number of hydrogen-bond acceptors (Lipinski definition) is 5. The number of nitrogens with one attached hydrogen (secondary N) is 1. The minimum atomic E-state index is 0.0569. The van der Waals surface area contributed by atoms with Crippen molar-refractivity contribution in [3.63, 3.8) is 0 Å². The largest absolute Gasteiger partial charge is 0.271 e. The summed E-state index contributed by atoms with van der Waals surface area (Å²) in [5.74, 6) is 5.68. The lowest BCUT2D eigenvalue weighted by Gasteiger charge is -2.16. The number of aromatic nitrogens is 2. The maximum absolute atomic E-state index is 5.68. The van der Waals surface area contributed by atoms with E-state index in [9.17, 15) is 0 Å². The molecule has 0 saturated heterocycles. The highest BCUT2D eigenvalue weighted by atomic mass is 32.1. The summed E-state index contributed by atoms with van der Waals surface area (Å²) in [6, 6.07) is 8.24. The van der Waals surface area contributed by atoms with Crippen LogP contribution in [0.1, 0.15) is 17.2 Å². The van der Waals surface area contributed by atoms with Gasteiger partial charge in [-0.15, -0.1) is 11.3 Å². The lowest BCUT2D eigenvalue weighted by molar-refractivity contribution is 0.551. The van der Waals surface area contributed by atoms with Crippen LogP contribution in [0.15, 0.2) is 48.2 Å². The van der Waals surface area contributed by atoms with Gasteiger partial charge in [0.05, 0.1) is 16.3 Å². The monoisotopic (exact) mass is 270 g/mol. The Hall–Kier alpha value is -1.82. The topological polar surface area (TPSA) is 63.8 Å². The average Bonchev–Trinajstić information content (AvgIpc) is 2.93. The minimum absolute atomic E-state index is 0.0569. The zero-order valence-electron chi connectivity index (χ0n) is 10.3. The Morgan fingerprint density at radius 2 is 2.11 bits per heavy atom. The summed E-state index contributed by atoms with van der Waals surface area (Å²) in [6.45, 7) is 0. The predicted octanol–water partition coefficient (Wildman–Crippen LogP) is 2.44. The van der Waals surface area contributed by atoms with Gasteiger partial charge in [0.15, 0.2) is 0 Å². The summed E-state index contributed by atoms with van der Waals surface area (Å²) in [7, 11) is 0. The molecule has 3 N–H and O–H groups in total. The number of hydrogen-bond donors (Lipinski definition) is 2. The summed E-state index contributed by atoms with van der Waals surface area (Å²) in [4.78, 5) is 8.48. The molecule has 4 nitrogen and oxygen atoms in total. The van der Waals surface area contributed by atoms with Crippen LogP contribution in [0.2, 0.25) is 0 Å². The number of hydrazine groups is 1. The van der Waals surface area contributed by atoms with Crippen LogP contribution in [0.25, 0.3) is 10.2 Å². The second-order valence-electron chi connectivity index (χ2n) is 4.35. The molecule has 0 fully saturated rings. The van der Waals surface area contributed by atoms with E-state index in [0.29, 0.717) is 0 Å². The smallest absolute Gasteiger partial charge is 0.0809 e. The van der Waals surface area contributed by atoms with Gasteiger partial charge in [-0.05, 0) is 47.2 Å². The molecular weight excluding hydrogens is 256 g/mol. The van der Waals surface area contributed by atoms with Crippen molar-refractivity contribution in [2.24, 2.45) is 5.84 Å². The first-order valence-electron chi connectivity index (χ1n) is 6.05. The normalized spacial score (nSPS) is 12.7. The third-order valence-corrected chi connectivity index (χ3v) is 3.97. The summed E-state index contributed by atoms with van der Waals surface area (Å²) < 4.78 is 1.19. The number of nitrogens with two attached hydrogens (primary N) is 1. The quantitative estimate of drug-likeness (QED) is 0.564. The van der Waals surface area contributed by atoms with Crippen LogP contribution < -0.4 is 11.3 Å². The van der Waals surface area contributed by atoms with E-state index in [1.807, 2.05) is 24.4 Å². The fourth-order valence-electron chi connectivity index (χ4n) is 2.08. The van der Waals surface area contributed by atoms with E-state index in [-0.39, 0.29) is 6.04 Å². The van der Waals surface area contributed by atoms with Crippen molar-refractivity contribution in [3.8, 4) is 0 Å². The van der Waals surface area contributed by atoms with Crippen LogP contribution in [0.5, 0.6) is 0 Å². The second kappa shape index (κ2) is 5.44. The highest BCUT2D eigenvalue weighted by Gasteiger charge is 2.12. The molecule has 0 aliphatic heterocycles. The van der Waals surface area contributed by atoms with Crippen LogP contribution in [0, 0.1) is 0 Å². The number of fused-ring (bicyclic) bond motifs is 1. The molecular formula is C14H14N4S. The molecule has 3 heterocycles. The Labute approximate surface area is 115 Å². The Bertz CT molecular complexity index is 665. The molecule has 5 heteroatoms. The molecule has 0 amide bonds. The van der Waals surface area contributed by atoms with Gasteiger partial charge in [0, 0.05) is 18.6 Å².